The topological polar surface area (TPSA) is 37.8 Å². The Hall–Kier alpha value is -0.640. The Morgan fingerprint density at radius 1 is 1.47 bits per heavy atom. The van der Waals surface area contributed by atoms with Crippen LogP contribution in [0, 0.1) is 0 Å². The average molecular weight is 272 g/mol. The minimum atomic E-state index is 0.417. The van der Waals surface area contributed by atoms with E-state index in [1.54, 1.807) is 0 Å². The van der Waals surface area contributed by atoms with Gasteiger partial charge in [0.1, 0.15) is 11.6 Å². The molecule has 0 aliphatic rings. The largest absolute Gasteiger partial charge is 0.369 e. The first-order chi connectivity index (χ1) is 7.19. The number of halogens is 1. The zero-order chi connectivity index (χ0) is 11.3. The van der Waals surface area contributed by atoms with E-state index in [1.807, 2.05) is 6.20 Å². The van der Waals surface area contributed by atoms with Crippen LogP contribution in [0.1, 0.15) is 45.4 Å². The summed E-state index contributed by atoms with van der Waals surface area (Å²) >= 11 is 3.44. The highest BCUT2D eigenvalue weighted by molar-refractivity contribution is 9.10. The molecule has 84 valence electrons. The molecule has 0 spiro atoms. The molecule has 1 atom stereocenters. The van der Waals surface area contributed by atoms with E-state index in [2.05, 4.69) is 52.0 Å². The van der Waals surface area contributed by atoms with Gasteiger partial charge in [-0.05, 0) is 28.8 Å². The standard InChI is InChI=1S/C11H18BrN3/c1-4-6-13-11-9(12)7-14-10(15-11)8(3)5-2/h7-8H,4-6H2,1-3H3,(H,13,14,15). The molecule has 0 aliphatic carbocycles. The molecule has 1 rings (SSSR count). The van der Waals surface area contributed by atoms with Gasteiger partial charge in [-0.1, -0.05) is 20.8 Å². The van der Waals surface area contributed by atoms with Crippen LogP contribution >= 0.6 is 15.9 Å². The van der Waals surface area contributed by atoms with Gasteiger partial charge in [-0.15, -0.1) is 0 Å². The van der Waals surface area contributed by atoms with Crippen molar-refractivity contribution >= 4 is 21.7 Å². The highest BCUT2D eigenvalue weighted by atomic mass is 79.9. The normalized spacial score (nSPS) is 12.5. The second-order valence-electron chi connectivity index (χ2n) is 3.66. The fourth-order valence-corrected chi connectivity index (χ4v) is 1.50. The van der Waals surface area contributed by atoms with Crippen molar-refractivity contribution in [1.29, 1.82) is 0 Å². The van der Waals surface area contributed by atoms with Gasteiger partial charge in [0.25, 0.3) is 0 Å². The van der Waals surface area contributed by atoms with Gasteiger partial charge >= 0.3 is 0 Å². The Morgan fingerprint density at radius 3 is 2.80 bits per heavy atom. The lowest BCUT2D eigenvalue weighted by atomic mass is 10.1. The van der Waals surface area contributed by atoms with Crippen LogP contribution in [0.3, 0.4) is 0 Å². The lowest BCUT2D eigenvalue weighted by Gasteiger charge is -2.11. The third-order valence-corrected chi connectivity index (χ3v) is 2.94. The van der Waals surface area contributed by atoms with E-state index in [4.69, 9.17) is 0 Å². The van der Waals surface area contributed by atoms with Gasteiger partial charge in [0.2, 0.25) is 0 Å². The molecule has 3 nitrogen and oxygen atoms in total. The Labute approximate surface area is 99.8 Å². The first-order valence-corrected chi connectivity index (χ1v) is 6.24. The number of anilines is 1. The predicted octanol–water partition coefficient (Wildman–Crippen LogP) is 3.57. The summed E-state index contributed by atoms with van der Waals surface area (Å²) in [5.74, 6) is 2.24. The molecule has 1 aromatic heterocycles. The fraction of sp³-hybridized carbons (Fsp3) is 0.636. The molecule has 15 heavy (non-hydrogen) atoms. The quantitative estimate of drug-likeness (QED) is 0.890. The Morgan fingerprint density at radius 2 is 2.20 bits per heavy atom. The van der Waals surface area contributed by atoms with E-state index in [0.717, 1.165) is 35.5 Å². The molecule has 1 N–H and O–H groups in total. The van der Waals surface area contributed by atoms with E-state index in [-0.39, 0.29) is 0 Å². The number of nitrogens with one attached hydrogen (secondary N) is 1. The molecular formula is C11H18BrN3. The lowest BCUT2D eigenvalue weighted by Crippen LogP contribution is -2.07. The number of hydrogen-bond acceptors (Lipinski definition) is 3. The van der Waals surface area contributed by atoms with E-state index in [0.29, 0.717) is 5.92 Å². The van der Waals surface area contributed by atoms with E-state index in [1.165, 1.54) is 0 Å². The summed E-state index contributed by atoms with van der Waals surface area (Å²) in [6, 6.07) is 0. The Balaban J connectivity index is 2.84. The molecule has 0 aliphatic heterocycles. The van der Waals surface area contributed by atoms with Crippen LogP contribution in [0.2, 0.25) is 0 Å². The summed E-state index contributed by atoms with van der Waals surface area (Å²) in [7, 11) is 0. The van der Waals surface area contributed by atoms with Crippen LogP contribution in [-0.4, -0.2) is 16.5 Å². The Kier molecular flexibility index (Phi) is 5.02. The molecule has 0 fully saturated rings. The van der Waals surface area contributed by atoms with Crippen molar-refractivity contribution in [3.63, 3.8) is 0 Å². The fourth-order valence-electron chi connectivity index (χ4n) is 1.17. The molecule has 0 radical (unpaired) electrons. The molecule has 1 unspecified atom stereocenters. The first-order valence-electron chi connectivity index (χ1n) is 5.45. The molecule has 0 saturated carbocycles. The van der Waals surface area contributed by atoms with Gasteiger partial charge in [0.15, 0.2) is 0 Å². The van der Waals surface area contributed by atoms with E-state index in [9.17, 15) is 0 Å². The van der Waals surface area contributed by atoms with Crippen LogP contribution in [0.5, 0.6) is 0 Å². The highest BCUT2D eigenvalue weighted by Crippen LogP contribution is 2.22. The number of rotatable bonds is 5. The van der Waals surface area contributed by atoms with E-state index < -0.39 is 0 Å². The minimum Gasteiger partial charge on any atom is -0.369 e. The third-order valence-electron chi connectivity index (χ3n) is 2.36. The summed E-state index contributed by atoms with van der Waals surface area (Å²) in [5.41, 5.74) is 0. The number of nitrogens with zero attached hydrogens (tertiary/aromatic N) is 2. The van der Waals surface area contributed by atoms with Crippen molar-refractivity contribution in [3.8, 4) is 0 Å². The molecule has 0 bridgehead atoms. The van der Waals surface area contributed by atoms with Gasteiger partial charge in [0.05, 0.1) is 4.47 Å². The molecular weight excluding hydrogens is 254 g/mol. The van der Waals surface area contributed by atoms with Crippen LogP contribution in [-0.2, 0) is 0 Å². The second-order valence-corrected chi connectivity index (χ2v) is 4.52. The van der Waals surface area contributed by atoms with Gasteiger partial charge in [0, 0.05) is 18.7 Å². The number of aromatic nitrogens is 2. The molecule has 1 aromatic rings. The highest BCUT2D eigenvalue weighted by Gasteiger charge is 2.09. The van der Waals surface area contributed by atoms with Gasteiger partial charge in [-0.2, -0.15) is 0 Å². The van der Waals surface area contributed by atoms with Crippen molar-refractivity contribution in [1.82, 2.24) is 9.97 Å². The maximum atomic E-state index is 4.51. The molecule has 0 aromatic carbocycles. The van der Waals surface area contributed by atoms with Crippen molar-refractivity contribution in [2.75, 3.05) is 11.9 Å². The summed E-state index contributed by atoms with van der Waals surface area (Å²) in [5, 5.41) is 3.28. The lowest BCUT2D eigenvalue weighted by molar-refractivity contribution is 0.678. The van der Waals surface area contributed by atoms with Crippen molar-refractivity contribution in [2.24, 2.45) is 0 Å². The monoisotopic (exact) mass is 271 g/mol. The average Bonchev–Trinajstić information content (AvgIpc) is 2.27. The predicted molar refractivity (Wildman–Crippen MR) is 67.2 cm³/mol. The smallest absolute Gasteiger partial charge is 0.144 e. The maximum Gasteiger partial charge on any atom is 0.144 e. The Bertz CT molecular complexity index is 315. The van der Waals surface area contributed by atoms with Gasteiger partial charge in [-0.25, -0.2) is 9.97 Å². The molecule has 0 amide bonds. The number of hydrogen-bond donors (Lipinski definition) is 1. The van der Waals surface area contributed by atoms with Gasteiger partial charge in [-0.3, -0.25) is 0 Å². The summed E-state index contributed by atoms with van der Waals surface area (Å²) < 4.78 is 0.933. The van der Waals surface area contributed by atoms with Crippen molar-refractivity contribution in [2.45, 2.75) is 39.5 Å². The van der Waals surface area contributed by atoms with Crippen LogP contribution in [0.25, 0.3) is 0 Å². The zero-order valence-electron chi connectivity index (χ0n) is 9.55. The summed E-state index contributed by atoms with van der Waals surface area (Å²) in [4.78, 5) is 8.83. The van der Waals surface area contributed by atoms with Crippen LogP contribution in [0.4, 0.5) is 5.82 Å². The second kappa shape index (κ2) is 6.05. The molecule has 0 saturated heterocycles. The zero-order valence-corrected chi connectivity index (χ0v) is 11.1. The summed E-state index contributed by atoms with van der Waals surface area (Å²) in [6.07, 6.45) is 3.98. The summed E-state index contributed by atoms with van der Waals surface area (Å²) in [6.45, 7) is 7.37. The maximum absolute atomic E-state index is 4.51. The van der Waals surface area contributed by atoms with Crippen molar-refractivity contribution < 1.29 is 0 Å². The molecule has 4 heteroatoms. The first kappa shape index (κ1) is 12.4. The van der Waals surface area contributed by atoms with Crippen LogP contribution in [0.15, 0.2) is 10.7 Å². The third kappa shape index (κ3) is 3.45. The van der Waals surface area contributed by atoms with Crippen LogP contribution < -0.4 is 5.32 Å². The molecule has 1 heterocycles. The van der Waals surface area contributed by atoms with Crippen molar-refractivity contribution in [3.05, 3.63) is 16.5 Å². The van der Waals surface area contributed by atoms with Gasteiger partial charge < -0.3 is 5.32 Å². The minimum absolute atomic E-state index is 0.417. The SMILES string of the molecule is CCCNc1nc(C(C)CC)ncc1Br. The van der Waals surface area contributed by atoms with E-state index >= 15 is 0 Å².